The van der Waals surface area contributed by atoms with Crippen molar-refractivity contribution in [2.24, 2.45) is 5.41 Å². The van der Waals surface area contributed by atoms with Gasteiger partial charge in [0.15, 0.2) is 0 Å². The van der Waals surface area contributed by atoms with Crippen LogP contribution in [0.2, 0.25) is 0 Å². The summed E-state index contributed by atoms with van der Waals surface area (Å²) in [7, 11) is 0. The summed E-state index contributed by atoms with van der Waals surface area (Å²) >= 11 is 0. The van der Waals surface area contributed by atoms with Crippen molar-refractivity contribution < 1.29 is 9.84 Å². The van der Waals surface area contributed by atoms with Crippen molar-refractivity contribution in [1.29, 1.82) is 0 Å². The van der Waals surface area contributed by atoms with Crippen molar-refractivity contribution >= 4 is 0 Å². The summed E-state index contributed by atoms with van der Waals surface area (Å²) in [5.41, 5.74) is 0.336. The predicted octanol–water partition coefficient (Wildman–Crippen LogP) is 3.52. The van der Waals surface area contributed by atoms with Crippen LogP contribution in [0.15, 0.2) is 0 Å². The van der Waals surface area contributed by atoms with Crippen molar-refractivity contribution in [3.8, 4) is 0 Å². The highest BCUT2D eigenvalue weighted by Crippen LogP contribution is 2.24. The van der Waals surface area contributed by atoms with Gasteiger partial charge in [0.25, 0.3) is 0 Å². The molecule has 0 aromatic rings. The minimum absolute atomic E-state index is 0.134. The van der Waals surface area contributed by atoms with Crippen LogP contribution in [0.4, 0.5) is 0 Å². The second kappa shape index (κ2) is 6.61. The minimum atomic E-state index is -0.134. The minimum Gasteiger partial charge on any atom is -0.393 e. The first-order valence-electron chi connectivity index (χ1n) is 6.77. The van der Waals surface area contributed by atoms with Crippen molar-refractivity contribution in [3.05, 3.63) is 0 Å². The Kier molecular flexibility index (Phi) is 5.77. The van der Waals surface area contributed by atoms with E-state index in [9.17, 15) is 5.11 Å². The van der Waals surface area contributed by atoms with Crippen LogP contribution in [0.3, 0.4) is 0 Å². The van der Waals surface area contributed by atoms with Gasteiger partial charge in [0.05, 0.1) is 12.2 Å². The van der Waals surface area contributed by atoms with Crippen LogP contribution in [-0.2, 0) is 4.74 Å². The van der Waals surface area contributed by atoms with Crippen LogP contribution >= 0.6 is 0 Å². The van der Waals surface area contributed by atoms with Crippen LogP contribution < -0.4 is 0 Å². The number of ether oxygens (including phenoxy) is 1. The Morgan fingerprint density at radius 3 is 2.56 bits per heavy atom. The number of rotatable bonds is 5. The number of aliphatic hydroxyl groups is 1. The third kappa shape index (κ3) is 6.49. The first-order valence-corrected chi connectivity index (χ1v) is 6.77. The zero-order valence-corrected chi connectivity index (χ0v) is 11.2. The van der Waals surface area contributed by atoms with Crippen molar-refractivity contribution in [2.75, 3.05) is 6.61 Å². The predicted molar refractivity (Wildman–Crippen MR) is 67.5 cm³/mol. The van der Waals surface area contributed by atoms with Gasteiger partial charge in [0.1, 0.15) is 0 Å². The number of hydrogen-bond donors (Lipinski definition) is 1. The van der Waals surface area contributed by atoms with Crippen molar-refractivity contribution in [1.82, 2.24) is 0 Å². The van der Waals surface area contributed by atoms with E-state index in [2.05, 4.69) is 20.8 Å². The van der Waals surface area contributed by atoms with Crippen LogP contribution in [-0.4, -0.2) is 23.9 Å². The number of aliphatic hydroxyl groups excluding tert-OH is 1. The molecule has 0 bridgehead atoms. The highest BCUT2D eigenvalue weighted by molar-refractivity contribution is 4.69. The van der Waals surface area contributed by atoms with Gasteiger partial charge in [-0.25, -0.2) is 0 Å². The highest BCUT2D eigenvalue weighted by Gasteiger charge is 2.17. The molecular formula is C14H28O2. The van der Waals surface area contributed by atoms with E-state index in [-0.39, 0.29) is 6.10 Å². The van der Waals surface area contributed by atoms with Crippen molar-refractivity contribution in [3.63, 3.8) is 0 Å². The fraction of sp³-hybridized carbons (Fsp3) is 1.00. The summed E-state index contributed by atoms with van der Waals surface area (Å²) in [5, 5.41) is 9.89. The Morgan fingerprint density at radius 2 is 2.00 bits per heavy atom. The number of hydrogen-bond acceptors (Lipinski definition) is 2. The monoisotopic (exact) mass is 228 g/mol. The zero-order valence-electron chi connectivity index (χ0n) is 11.2. The maximum atomic E-state index is 9.89. The molecule has 1 rings (SSSR count). The van der Waals surface area contributed by atoms with E-state index in [1.807, 2.05) is 0 Å². The zero-order chi connectivity index (χ0) is 12.0. The Balaban J connectivity index is 2.07. The smallest absolute Gasteiger partial charge is 0.0576 e. The molecule has 0 aromatic heterocycles. The van der Waals surface area contributed by atoms with Crippen LogP contribution in [0.5, 0.6) is 0 Å². The van der Waals surface area contributed by atoms with E-state index in [0.29, 0.717) is 11.5 Å². The molecule has 1 aliphatic rings. The quantitative estimate of drug-likeness (QED) is 0.780. The Hall–Kier alpha value is -0.0800. The molecule has 1 fully saturated rings. The summed E-state index contributed by atoms with van der Waals surface area (Å²) in [6, 6.07) is 0. The Morgan fingerprint density at radius 1 is 1.25 bits per heavy atom. The van der Waals surface area contributed by atoms with E-state index >= 15 is 0 Å². The van der Waals surface area contributed by atoms with Gasteiger partial charge >= 0.3 is 0 Å². The summed E-state index contributed by atoms with van der Waals surface area (Å²) in [6.07, 6.45) is 7.93. The molecule has 0 spiro atoms. The average Bonchev–Trinajstić information content (AvgIpc) is 2.24. The van der Waals surface area contributed by atoms with E-state index in [1.165, 1.54) is 19.3 Å². The van der Waals surface area contributed by atoms with E-state index in [0.717, 1.165) is 32.3 Å². The lowest BCUT2D eigenvalue weighted by Gasteiger charge is -2.24. The van der Waals surface area contributed by atoms with Crippen LogP contribution in [0.1, 0.15) is 65.7 Å². The summed E-state index contributed by atoms with van der Waals surface area (Å²) in [5.74, 6) is 0. The maximum absolute atomic E-state index is 9.89. The summed E-state index contributed by atoms with van der Waals surface area (Å²) < 4.78 is 5.66. The standard InChI is InChI=1S/C14H28O2/c1-14(2,3)10-9-12(15)7-8-13-6-4-5-11-16-13/h12-13,15H,4-11H2,1-3H3. The summed E-state index contributed by atoms with van der Waals surface area (Å²) in [4.78, 5) is 0. The largest absolute Gasteiger partial charge is 0.393 e. The molecule has 1 aliphatic heterocycles. The normalized spacial score (nSPS) is 24.4. The average molecular weight is 228 g/mol. The molecule has 2 heteroatoms. The lowest BCUT2D eigenvalue weighted by molar-refractivity contribution is 0.00105. The molecule has 96 valence electrons. The second-order valence-electron chi connectivity index (χ2n) is 6.32. The van der Waals surface area contributed by atoms with Crippen molar-refractivity contribution in [2.45, 2.75) is 77.9 Å². The molecule has 1 heterocycles. The topological polar surface area (TPSA) is 29.5 Å². The van der Waals surface area contributed by atoms with Gasteiger partial charge in [0.2, 0.25) is 0 Å². The molecule has 0 aromatic carbocycles. The van der Waals surface area contributed by atoms with Gasteiger partial charge < -0.3 is 9.84 Å². The van der Waals surface area contributed by atoms with Gasteiger partial charge in [0, 0.05) is 6.61 Å². The molecule has 0 aliphatic carbocycles. The van der Waals surface area contributed by atoms with Gasteiger partial charge in [-0.2, -0.15) is 0 Å². The lowest BCUT2D eigenvalue weighted by atomic mass is 9.88. The molecule has 0 radical (unpaired) electrons. The molecule has 16 heavy (non-hydrogen) atoms. The second-order valence-corrected chi connectivity index (χ2v) is 6.32. The molecule has 0 amide bonds. The van der Waals surface area contributed by atoms with Gasteiger partial charge in [-0.15, -0.1) is 0 Å². The molecule has 1 saturated heterocycles. The molecule has 1 N–H and O–H groups in total. The first kappa shape index (κ1) is 14.0. The Bertz CT molecular complexity index is 178. The van der Waals surface area contributed by atoms with Crippen LogP contribution in [0.25, 0.3) is 0 Å². The van der Waals surface area contributed by atoms with Gasteiger partial charge in [-0.3, -0.25) is 0 Å². The SMILES string of the molecule is CC(C)(C)CCC(O)CCC1CCCCO1. The maximum Gasteiger partial charge on any atom is 0.0576 e. The highest BCUT2D eigenvalue weighted by atomic mass is 16.5. The van der Waals surface area contributed by atoms with Gasteiger partial charge in [-0.1, -0.05) is 20.8 Å². The fourth-order valence-electron chi connectivity index (χ4n) is 2.16. The van der Waals surface area contributed by atoms with Gasteiger partial charge in [-0.05, 0) is 50.4 Å². The third-order valence-electron chi connectivity index (χ3n) is 3.32. The molecule has 0 saturated carbocycles. The first-order chi connectivity index (χ1) is 7.47. The molecule has 2 atom stereocenters. The van der Waals surface area contributed by atoms with E-state index in [1.54, 1.807) is 0 Å². The molecular weight excluding hydrogens is 200 g/mol. The molecule has 2 unspecified atom stereocenters. The fourth-order valence-corrected chi connectivity index (χ4v) is 2.16. The Labute approximate surface area is 100 Å². The van der Waals surface area contributed by atoms with Crippen LogP contribution in [0, 0.1) is 5.41 Å². The third-order valence-corrected chi connectivity index (χ3v) is 3.32. The lowest BCUT2D eigenvalue weighted by Crippen LogP contribution is -2.21. The van der Waals surface area contributed by atoms with E-state index in [4.69, 9.17) is 4.74 Å². The summed E-state index contributed by atoms with van der Waals surface area (Å²) in [6.45, 7) is 7.60. The molecule has 2 nitrogen and oxygen atoms in total. The van der Waals surface area contributed by atoms with E-state index < -0.39 is 0 Å².